The number of hydrogen-bond donors (Lipinski definition) is 2. The van der Waals surface area contributed by atoms with Crippen LogP contribution in [-0.2, 0) is 0 Å². The zero-order chi connectivity index (χ0) is 14.0. The van der Waals surface area contributed by atoms with Crippen LogP contribution in [0, 0.1) is 13.8 Å². The van der Waals surface area contributed by atoms with Crippen molar-refractivity contribution in [2.45, 2.75) is 43.0 Å². The summed E-state index contributed by atoms with van der Waals surface area (Å²) in [6.07, 6.45) is 0. The first-order chi connectivity index (χ1) is 9.01. The van der Waals surface area contributed by atoms with Gasteiger partial charge in [0.15, 0.2) is 4.34 Å². The zero-order valence-corrected chi connectivity index (χ0v) is 13.0. The van der Waals surface area contributed by atoms with Gasteiger partial charge in [-0.25, -0.2) is 20.8 Å². The first-order valence-corrected chi connectivity index (χ1v) is 7.66. The summed E-state index contributed by atoms with van der Waals surface area (Å²) in [5, 5.41) is 2.94. The van der Waals surface area contributed by atoms with Crippen LogP contribution in [0.4, 0.5) is 5.82 Å². The summed E-state index contributed by atoms with van der Waals surface area (Å²) in [4.78, 5) is 13.5. The quantitative estimate of drug-likeness (QED) is 0.513. The van der Waals surface area contributed by atoms with Gasteiger partial charge < -0.3 is 5.43 Å². The monoisotopic (exact) mass is 295 g/mol. The topological polar surface area (TPSA) is 76.7 Å². The molecule has 0 atom stereocenters. The van der Waals surface area contributed by atoms with Crippen molar-refractivity contribution in [2.75, 3.05) is 5.43 Å². The van der Waals surface area contributed by atoms with Gasteiger partial charge in [0.05, 0.1) is 0 Å². The van der Waals surface area contributed by atoms with Gasteiger partial charge in [0.25, 0.3) is 0 Å². The summed E-state index contributed by atoms with van der Waals surface area (Å²) >= 11 is 3.18. The van der Waals surface area contributed by atoms with E-state index in [0.29, 0.717) is 5.82 Å². The molecule has 0 saturated heterocycles. The van der Waals surface area contributed by atoms with E-state index >= 15 is 0 Å². The predicted octanol–water partition coefficient (Wildman–Crippen LogP) is 3.11. The van der Waals surface area contributed by atoms with Gasteiger partial charge in [-0.05, 0) is 25.6 Å². The third-order valence-electron chi connectivity index (χ3n) is 2.55. The van der Waals surface area contributed by atoms with Crippen molar-refractivity contribution in [1.82, 2.24) is 15.0 Å². The second kappa shape index (κ2) is 5.85. The van der Waals surface area contributed by atoms with E-state index in [2.05, 4.69) is 34.2 Å². The van der Waals surface area contributed by atoms with Gasteiger partial charge >= 0.3 is 0 Å². The Morgan fingerprint density at radius 1 is 1.26 bits per heavy atom. The number of thiazole rings is 1. The molecule has 0 amide bonds. The van der Waals surface area contributed by atoms with E-state index in [1.807, 2.05) is 19.2 Å². The molecule has 2 aromatic heterocycles. The van der Waals surface area contributed by atoms with Crippen molar-refractivity contribution >= 4 is 28.9 Å². The second-order valence-corrected chi connectivity index (χ2v) is 6.61. The summed E-state index contributed by atoms with van der Waals surface area (Å²) in [6, 6.07) is 0. The van der Waals surface area contributed by atoms with Crippen molar-refractivity contribution in [2.24, 2.45) is 5.84 Å². The first kappa shape index (κ1) is 14.2. The average molecular weight is 295 g/mol. The fourth-order valence-electron chi connectivity index (χ4n) is 1.47. The molecular weight excluding hydrogens is 278 g/mol. The van der Waals surface area contributed by atoms with Gasteiger partial charge in [0, 0.05) is 22.6 Å². The Balaban J connectivity index is 2.40. The number of nitrogens with one attached hydrogen (secondary N) is 1. The number of nitrogens with two attached hydrogens (primary N) is 1. The van der Waals surface area contributed by atoms with E-state index in [1.165, 1.54) is 0 Å². The third kappa shape index (κ3) is 3.23. The van der Waals surface area contributed by atoms with Crippen LogP contribution in [0.1, 0.15) is 36.8 Å². The van der Waals surface area contributed by atoms with Crippen LogP contribution in [0.2, 0.25) is 0 Å². The lowest BCUT2D eigenvalue weighted by Gasteiger charge is -2.12. The lowest BCUT2D eigenvalue weighted by atomic mass is 10.2. The smallest absolute Gasteiger partial charge is 0.156 e. The molecule has 0 aliphatic heterocycles. The molecule has 2 aromatic rings. The van der Waals surface area contributed by atoms with Crippen molar-refractivity contribution in [3.63, 3.8) is 0 Å². The molecule has 0 saturated carbocycles. The molecule has 0 radical (unpaired) electrons. The molecule has 2 heterocycles. The molecule has 0 aromatic carbocycles. The van der Waals surface area contributed by atoms with E-state index in [-0.39, 0.29) is 5.92 Å². The maximum Gasteiger partial charge on any atom is 0.156 e. The minimum atomic E-state index is 0.255. The molecule has 5 nitrogen and oxygen atoms in total. The second-order valence-electron chi connectivity index (χ2n) is 4.52. The van der Waals surface area contributed by atoms with E-state index in [9.17, 15) is 0 Å². The summed E-state index contributed by atoms with van der Waals surface area (Å²) in [6.45, 7) is 8.07. The van der Waals surface area contributed by atoms with Gasteiger partial charge in [0.1, 0.15) is 16.7 Å². The van der Waals surface area contributed by atoms with Gasteiger partial charge in [-0.3, -0.25) is 0 Å². The van der Waals surface area contributed by atoms with Crippen molar-refractivity contribution < 1.29 is 0 Å². The minimum Gasteiger partial charge on any atom is -0.308 e. The number of nitrogens with zero attached hydrogens (tertiary/aromatic N) is 3. The predicted molar refractivity (Wildman–Crippen MR) is 79.6 cm³/mol. The van der Waals surface area contributed by atoms with Crippen LogP contribution < -0.4 is 11.3 Å². The number of anilines is 1. The summed E-state index contributed by atoms with van der Waals surface area (Å²) in [7, 11) is 0. The average Bonchev–Trinajstić information content (AvgIpc) is 2.77. The van der Waals surface area contributed by atoms with Gasteiger partial charge in [-0.2, -0.15) is 0 Å². The van der Waals surface area contributed by atoms with Crippen LogP contribution in [-0.4, -0.2) is 15.0 Å². The van der Waals surface area contributed by atoms with Crippen LogP contribution in [0.5, 0.6) is 0 Å². The number of aromatic nitrogens is 3. The van der Waals surface area contributed by atoms with Gasteiger partial charge in [-0.15, -0.1) is 11.3 Å². The Labute approximate surface area is 121 Å². The first-order valence-electron chi connectivity index (χ1n) is 5.96. The highest BCUT2D eigenvalue weighted by Crippen LogP contribution is 2.33. The Morgan fingerprint density at radius 2 is 2.00 bits per heavy atom. The Bertz CT molecular complexity index is 579. The standard InChI is InChI=1S/C12H17N5S2/c1-6(2)9-15-10(17-13)8(4)11(16-9)19-12-14-7(3)5-18-12/h5-6H,13H2,1-4H3,(H,15,16,17). The number of nitrogen functional groups attached to an aromatic ring is 1. The molecule has 7 heteroatoms. The molecule has 19 heavy (non-hydrogen) atoms. The fourth-order valence-corrected chi connectivity index (χ4v) is 3.31. The van der Waals surface area contributed by atoms with E-state index in [4.69, 9.17) is 5.84 Å². The lowest BCUT2D eigenvalue weighted by Crippen LogP contribution is -2.13. The molecule has 0 unspecified atom stereocenters. The minimum absolute atomic E-state index is 0.255. The van der Waals surface area contributed by atoms with Crippen molar-refractivity contribution in [3.05, 3.63) is 22.5 Å². The van der Waals surface area contributed by atoms with Gasteiger partial charge in [0.2, 0.25) is 0 Å². The summed E-state index contributed by atoms with van der Waals surface area (Å²) in [5.74, 6) is 7.24. The highest BCUT2D eigenvalue weighted by atomic mass is 32.2. The number of hydrazine groups is 1. The van der Waals surface area contributed by atoms with Crippen LogP contribution in [0.15, 0.2) is 14.7 Å². The molecule has 3 N–H and O–H groups in total. The molecular formula is C12H17N5S2. The van der Waals surface area contributed by atoms with E-state index < -0.39 is 0 Å². The fraction of sp³-hybridized carbons (Fsp3) is 0.417. The summed E-state index contributed by atoms with van der Waals surface area (Å²) in [5.41, 5.74) is 4.62. The lowest BCUT2D eigenvalue weighted by molar-refractivity contribution is 0.749. The third-order valence-corrected chi connectivity index (χ3v) is 4.70. The molecule has 0 spiro atoms. The molecule has 102 valence electrons. The Morgan fingerprint density at radius 3 is 2.53 bits per heavy atom. The van der Waals surface area contributed by atoms with Crippen LogP contribution >= 0.6 is 23.1 Å². The molecule has 0 bridgehead atoms. The maximum absolute atomic E-state index is 5.52. The number of rotatable bonds is 4. The normalized spacial score (nSPS) is 11.1. The highest BCUT2D eigenvalue weighted by Gasteiger charge is 2.14. The number of hydrogen-bond acceptors (Lipinski definition) is 7. The molecule has 0 aliphatic rings. The van der Waals surface area contributed by atoms with Crippen molar-refractivity contribution in [1.29, 1.82) is 0 Å². The van der Waals surface area contributed by atoms with E-state index in [1.54, 1.807) is 23.1 Å². The largest absolute Gasteiger partial charge is 0.308 e. The SMILES string of the molecule is Cc1csc(Sc2nc(C(C)C)nc(NN)c2C)n1. The number of aryl methyl sites for hydroxylation is 1. The van der Waals surface area contributed by atoms with Crippen LogP contribution in [0.25, 0.3) is 0 Å². The Kier molecular flexibility index (Phi) is 4.38. The van der Waals surface area contributed by atoms with E-state index in [0.717, 1.165) is 26.4 Å². The summed E-state index contributed by atoms with van der Waals surface area (Å²) < 4.78 is 0.983. The molecule has 2 rings (SSSR count). The Hall–Kier alpha value is -1.18. The molecule has 0 fully saturated rings. The van der Waals surface area contributed by atoms with Gasteiger partial charge in [-0.1, -0.05) is 13.8 Å². The molecule has 0 aliphatic carbocycles. The highest BCUT2D eigenvalue weighted by molar-refractivity contribution is 8.01. The zero-order valence-electron chi connectivity index (χ0n) is 11.4. The van der Waals surface area contributed by atoms with Crippen molar-refractivity contribution in [3.8, 4) is 0 Å². The maximum atomic E-state index is 5.52. The van der Waals surface area contributed by atoms with Crippen LogP contribution in [0.3, 0.4) is 0 Å².